The summed E-state index contributed by atoms with van der Waals surface area (Å²) in [5.41, 5.74) is 3.65. The average molecular weight is 454 g/mol. The monoisotopic (exact) mass is 453 g/mol. The van der Waals surface area contributed by atoms with Crippen LogP contribution in [-0.4, -0.2) is 41.6 Å². The number of anilines is 2. The van der Waals surface area contributed by atoms with Gasteiger partial charge >= 0.3 is 0 Å². The van der Waals surface area contributed by atoms with E-state index in [1.54, 1.807) is 18.2 Å². The molecular weight excluding hydrogens is 429 g/mol. The first-order chi connectivity index (χ1) is 15.3. The largest absolute Gasteiger partial charge is 0.369 e. The SMILES string of the molecule is Cc1ccc(NC(=O)CN2C(=O)S/C(=C\c3ccc(N4CCCC4)c(F)c3)C2=O)c(C)c1. The maximum Gasteiger partial charge on any atom is 0.294 e. The van der Waals surface area contributed by atoms with E-state index < -0.39 is 17.1 Å². The number of imide groups is 1. The molecule has 8 heteroatoms. The third kappa shape index (κ3) is 4.70. The van der Waals surface area contributed by atoms with Crippen molar-refractivity contribution in [3.63, 3.8) is 0 Å². The van der Waals surface area contributed by atoms with Gasteiger partial charge in [-0.25, -0.2) is 4.39 Å². The molecule has 2 fully saturated rings. The van der Waals surface area contributed by atoms with Crippen molar-refractivity contribution in [2.45, 2.75) is 26.7 Å². The lowest BCUT2D eigenvalue weighted by Crippen LogP contribution is -2.36. The molecule has 0 spiro atoms. The van der Waals surface area contributed by atoms with Gasteiger partial charge in [0, 0.05) is 18.8 Å². The Balaban J connectivity index is 1.44. The van der Waals surface area contributed by atoms with Crippen LogP contribution in [0.5, 0.6) is 0 Å². The average Bonchev–Trinajstić information content (AvgIpc) is 3.35. The topological polar surface area (TPSA) is 69.7 Å². The molecule has 2 aliphatic heterocycles. The number of nitrogens with one attached hydrogen (secondary N) is 1. The number of nitrogens with zero attached hydrogens (tertiary/aromatic N) is 2. The highest BCUT2D eigenvalue weighted by molar-refractivity contribution is 8.18. The van der Waals surface area contributed by atoms with Gasteiger partial charge in [-0.2, -0.15) is 0 Å². The van der Waals surface area contributed by atoms with Gasteiger partial charge in [-0.3, -0.25) is 19.3 Å². The highest BCUT2D eigenvalue weighted by atomic mass is 32.2. The Morgan fingerprint density at radius 3 is 2.56 bits per heavy atom. The minimum atomic E-state index is -0.556. The number of rotatable bonds is 5. The molecule has 0 atom stereocenters. The Labute approximate surface area is 190 Å². The number of hydrogen-bond donors (Lipinski definition) is 1. The van der Waals surface area contributed by atoms with Crippen molar-refractivity contribution in [3.05, 3.63) is 63.8 Å². The van der Waals surface area contributed by atoms with Crippen LogP contribution in [0.25, 0.3) is 6.08 Å². The van der Waals surface area contributed by atoms with Crippen molar-refractivity contribution in [2.24, 2.45) is 0 Å². The van der Waals surface area contributed by atoms with Crippen molar-refractivity contribution in [2.75, 3.05) is 29.9 Å². The third-order valence-electron chi connectivity index (χ3n) is 5.55. The molecule has 0 aliphatic carbocycles. The number of amides is 3. The lowest BCUT2D eigenvalue weighted by Gasteiger charge is -2.18. The highest BCUT2D eigenvalue weighted by Crippen LogP contribution is 2.33. The smallest absolute Gasteiger partial charge is 0.294 e. The fourth-order valence-corrected chi connectivity index (χ4v) is 4.74. The van der Waals surface area contributed by atoms with Gasteiger partial charge in [0.25, 0.3) is 11.1 Å². The van der Waals surface area contributed by atoms with Gasteiger partial charge < -0.3 is 10.2 Å². The van der Waals surface area contributed by atoms with Crippen LogP contribution >= 0.6 is 11.8 Å². The lowest BCUT2D eigenvalue weighted by atomic mass is 10.1. The molecule has 166 valence electrons. The molecule has 3 amide bonds. The van der Waals surface area contributed by atoms with Crippen molar-refractivity contribution in [3.8, 4) is 0 Å². The molecule has 32 heavy (non-hydrogen) atoms. The minimum absolute atomic E-state index is 0.169. The summed E-state index contributed by atoms with van der Waals surface area (Å²) in [4.78, 5) is 40.6. The van der Waals surface area contributed by atoms with E-state index in [1.165, 1.54) is 12.1 Å². The molecule has 6 nitrogen and oxygen atoms in total. The number of benzene rings is 2. The summed E-state index contributed by atoms with van der Waals surface area (Å²) in [5, 5.41) is 2.22. The fraction of sp³-hybridized carbons (Fsp3) is 0.292. The number of aryl methyl sites for hydroxylation is 2. The molecule has 0 radical (unpaired) electrons. The van der Waals surface area contributed by atoms with Crippen LogP contribution in [0, 0.1) is 19.7 Å². The Hall–Kier alpha value is -3.13. The number of carbonyl (C=O) groups excluding carboxylic acids is 3. The molecule has 2 saturated heterocycles. The second-order valence-electron chi connectivity index (χ2n) is 8.04. The molecule has 2 aliphatic rings. The summed E-state index contributed by atoms with van der Waals surface area (Å²) in [7, 11) is 0. The molecule has 1 N–H and O–H groups in total. The van der Waals surface area contributed by atoms with Crippen LogP contribution in [0.3, 0.4) is 0 Å². The van der Waals surface area contributed by atoms with Crippen LogP contribution in [0.2, 0.25) is 0 Å². The first-order valence-electron chi connectivity index (χ1n) is 10.5. The first-order valence-corrected chi connectivity index (χ1v) is 11.3. The van der Waals surface area contributed by atoms with E-state index in [9.17, 15) is 18.8 Å². The number of hydrogen-bond acceptors (Lipinski definition) is 5. The summed E-state index contributed by atoms with van der Waals surface area (Å²) >= 11 is 0.751. The summed E-state index contributed by atoms with van der Waals surface area (Å²) in [6.07, 6.45) is 3.58. The minimum Gasteiger partial charge on any atom is -0.369 e. The fourth-order valence-electron chi connectivity index (χ4n) is 3.90. The molecule has 4 rings (SSSR count). The van der Waals surface area contributed by atoms with Crippen LogP contribution in [0.1, 0.15) is 29.5 Å². The van der Waals surface area contributed by atoms with E-state index in [0.717, 1.165) is 53.7 Å². The van der Waals surface area contributed by atoms with E-state index in [2.05, 4.69) is 5.32 Å². The van der Waals surface area contributed by atoms with Crippen molar-refractivity contribution < 1.29 is 18.8 Å². The molecule has 0 aromatic heterocycles. The van der Waals surface area contributed by atoms with Crippen LogP contribution < -0.4 is 10.2 Å². The van der Waals surface area contributed by atoms with E-state index in [0.29, 0.717) is 16.9 Å². The van der Waals surface area contributed by atoms with Crippen molar-refractivity contribution in [1.29, 1.82) is 0 Å². The standard InChI is InChI=1S/C24H24FN3O3S/c1-15-5-7-19(16(2)11-15)26-22(29)14-28-23(30)21(32-24(28)31)13-17-6-8-20(18(25)12-17)27-9-3-4-10-27/h5-8,11-13H,3-4,9-10,14H2,1-2H3,(H,26,29)/b21-13-. The zero-order valence-corrected chi connectivity index (χ0v) is 18.8. The number of carbonyl (C=O) groups is 3. The zero-order chi connectivity index (χ0) is 22.8. The summed E-state index contributed by atoms with van der Waals surface area (Å²) in [6.45, 7) is 5.12. The molecule has 2 heterocycles. The van der Waals surface area contributed by atoms with Gasteiger partial charge in [-0.15, -0.1) is 0 Å². The van der Waals surface area contributed by atoms with E-state index in [4.69, 9.17) is 0 Å². The quantitative estimate of drug-likeness (QED) is 0.664. The second-order valence-corrected chi connectivity index (χ2v) is 9.03. The van der Waals surface area contributed by atoms with Crippen molar-refractivity contribution in [1.82, 2.24) is 4.90 Å². The molecule has 0 saturated carbocycles. The van der Waals surface area contributed by atoms with E-state index >= 15 is 0 Å². The summed E-state index contributed by atoms with van der Waals surface area (Å²) < 4.78 is 14.6. The zero-order valence-electron chi connectivity index (χ0n) is 18.0. The van der Waals surface area contributed by atoms with Gasteiger partial charge in [0.2, 0.25) is 5.91 Å². The maximum atomic E-state index is 14.6. The van der Waals surface area contributed by atoms with Gasteiger partial charge in [-0.05, 0) is 73.9 Å². The molecule has 0 unspecified atom stereocenters. The molecule has 2 aromatic rings. The Morgan fingerprint density at radius 1 is 1.12 bits per heavy atom. The Kier molecular flexibility index (Phi) is 6.32. The third-order valence-corrected chi connectivity index (χ3v) is 6.45. The number of thioether (sulfide) groups is 1. The predicted molar refractivity (Wildman–Crippen MR) is 125 cm³/mol. The van der Waals surface area contributed by atoms with Gasteiger partial charge in [0.15, 0.2) is 0 Å². The molecule has 0 bridgehead atoms. The summed E-state index contributed by atoms with van der Waals surface area (Å²) in [5.74, 6) is -1.37. The first kappa shape index (κ1) is 22.1. The van der Waals surface area contributed by atoms with E-state index in [-0.39, 0.29) is 17.3 Å². The van der Waals surface area contributed by atoms with Crippen LogP contribution in [0.4, 0.5) is 20.6 Å². The Bertz CT molecular complexity index is 1130. The lowest BCUT2D eigenvalue weighted by molar-refractivity contribution is -0.127. The Morgan fingerprint density at radius 2 is 1.88 bits per heavy atom. The maximum absolute atomic E-state index is 14.6. The normalized spacial score (nSPS) is 17.5. The highest BCUT2D eigenvalue weighted by Gasteiger charge is 2.36. The van der Waals surface area contributed by atoms with Crippen molar-refractivity contribution >= 4 is 46.3 Å². The van der Waals surface area contributed by atoms with Crippen LogP contribution in [0.15, 0.2) is 41.3 Å². The van der Waals surface area contributed by atoms with Gasteiger partial charge in [0.1, 0.15) is 12.4 Å². The number of halogens is 1. The van der Waals surface area contributed by atoms with E-state index in [1.807, 2.05) is 30.9 Å². The van der Waals surface area contributed by atoms with Crippen LogP contribution in [-0.2, 0) is 9.59 Å². The van der Waals surface area contributed by atoms with Gasteiger partial charge in [0.05, 0.1) is 10.6 Å². The molecular formula is C24H24FN3O3S. The predicted octanol–water partition coefficient (Wildman–Crippen LogP) is 4.72. The summed E-state index contributed by atoms with van der Waals surface area (Å²) in [6, 6.07) is 10.4. The second kappa shape index (κ2) is 9.16. The molecule has 2 aromatic carbocycles. The van der Waals surface area contributed by atoms with Gasteiger partial charge in [-0.1, -0.05) is 23.8 Å².